The number of amides is 1. The van der Waals surface area contributed by atoms with Crippen molar-refractivity contribution < 1.29 is 19.1 Å². The molecule has 9 nitrogen and oxygen atoms in total. The SMILES string of the molecule is Cc1ccoc1C(=O)Nc1cccc(C(=O)c2ccc3c(C=Nc4ccc(N5CCN(C)CC5)cc4)c(O)[nH]c3c2)c1. The number of nitrogens with one attached hydrogen (secondary N) is 2. The summed E-state index contributed by atoms with van der Waals surface area (Å²) < 4.78 is 5.26. The Balaban J connectivity index is 1.17. The second-order valence-electron chi connectivity index (χ2n) is 10.5. The van der Waals surface area contributed by atoms with Crippen molar-refractivity contribution in [2.24, 2.45) is 4.99 Å². The number of likely N-dealkylation sites (N-methyl/N-ethyl adjacent to an activating group) is 1. The number of anilines is 2. The molecule has 2 aromatic heterocycles. The number of nitrogens with zero attached hydrogens (tertiary/aromatic N) is 3. The topological polar surface area (TPSA) is 114 Å². The highest BCUT2D eigenvalue weighted by atomic mass is 16.3. The zero-order valence-corrected chi connectivity index (χ0v) is 23.4. The molecule has 0 radical (unpaired) electrons. The van der Waals surface area contributed by atoms with Gasteiger partial charge in [-0.25, -0.2) is 0 Å². The molecule has 212 valence electrons. The van der Waals surface area contributed by atoms with Gasteiger partial charge in [-0.2, -0.15) is 0 Å². The number of ketones is 1. The third kappa shape index (κ3) is 5.55. The number of piperazine rings is 1. The highest BCUT2D eigenvalue weighted by Gasteiger charge is 2.17. The van der Waals surface area contributed by atoms with Gasteiger partial charge in [0, 0.05) is 71.4 Å². The summed E-state index contributed by atoms with van der Waals surface area (Å²) in [6, 6.07) is 21.8. The van der Waals surface area contributed by atoms with Gasteiger partial charge >= 0.3 is 0 Å². The molecule has 42 heavy (non-hydrogen) atoms. The fourth-order valence-electron chi connectivity index (χ4n) is 5.13. The number of aryl methyl sites for hydroxylation is 1. The second kappa shape index (κ2) is 11.4. The van der Waals surface area contributed by atoms with E-state index < -0.39 is 0 Å². The number of fused-ring (bicyclic) bond motifs is 1. The molecule has 5 aromatic rings. The number of carbonyl (C=O) groups excluding carboxylic acids is 2. The maximum Gasteiger partial charge on any atom is 0.291 e. The van der Waals surface area contributed by atoms with Crippen LogP contribution in [0.3, 0.4) is 0 Å². The number of hydrogen-bond donors (Lipinski definition) is 3. The molecule has 0 atom stereocenters. The molecule has 6 rings (SSSR count). The Hall–Kier alpha value is -5.15. The number of aromatic hydroxyl groups is 1. The predicted octanol–water partition coefficient (Wildman–Crippen LogP) is 5.76. The Morgan fingerprint density at radius 3 is 2.48 bits per heavy atom. The van der Waals surface area contributed by atoms with Gasteiger partial charge in [0.1, 0.15) is 0 Å². The number of hydrogen-bond acceptors (Lipinski definition) is 7. The van der Waals surface area contributed by atoms with Gasteiger partial charge in [0.05, 0.1) is 17.5 Å². The summed E-state index contributed by atoms with van der Waals surface area (Å²) in [5, 5.41) is 14.1. The molecular weight excluding hydrogens is 530 g/mol. The van der Waals surface area contributed by atoms with Crippen molar-refractivity contribution in [1.29, 1.82) is 0 Å². The maximum atomic E-state index is 13.3. The van der Waals surface area contributed by atoms with E-state index in [0.29, 0.717) is 27.9 Å². The average molecular weight is 562 g/mol. The highest BCUT2D eigenvalue weighted by molar-refractivity contribution is 6.13. The number of benzene rings is 3. The normalized spacial score (nSPS) is 14.1. The summed E-state index contributed by atoms with van der Waals surface area (Å²) in [6.45, 7) is 5.88. The van der Waals surface area contributed by atoms with E-state index in [1.165, 1.54) is 12.0 Å². The largest absolute Gasteiger partial charge is 0.494 e. The Morgan fingerprint density at radius 2 is 1.74 bits per heavy atom. The molecule has 1 aliphatic rings. The zero-order valence-electron chi connectivity index (χ0n) is 23.4. The van der Waals surface area contributed by atoms with Gasteiger partial charge in [0.25, 0.3) is 5.91 Å². The summed E-state index contributed by atoms with van der Waals surface area (Å²) in [4.78, 5) is 38.1. The van der Waals surface area contributed by atoms with E-state index in [4.69, 9.17) is 4.42 Å². The number of carbonyl (C=O) groups is 2. The molecule has 3 heterocycles. The fourth-order valence-corrected chi connectivity index (χ4v) is 5.13. The standard InChI is InChI=1S/C33H31N5O4/c1-21-12-17-42-31(21)33(41)35-25-5-3-4-22(18-25)30(39)23-6-11-27-28(32(40)36-29(27)19-23)20-34-24-7-9-26(10-8-24)38-15-13-37(2)14-16-38/h3-12,17-20,36,40H,13-16H2,1-2H3,(H,35,41). The van der Waals surface area contributed by atoms with Crippen LogP contribution in [0.2, 0.25) is 0 Å². The van der Waals surface area contributed by atoms with E-state index in [1.54, 1.807) is 61.7 Å². The van der Waals surface area contributed by atoms with E-state index in [-0.39, 0.29) is 23.3 Å². The summed E-state index contributed by atoms with van der Waals surface area (Å²) in [7, 11) is 2.14. The summed E-state index contributed by atoms with van der Waals surface area (Å²) >= 11 is 0. The highest BCUT2D eigenvalue weighted by Crippen LogP contribution is 2.29. The van der Waals surface area contributed by atoms with Crippen molar-refractivity contribution in [2.45, 2.75) is 6.92 Å². The van der Waals surface area contributed by atoms with E-state index in [1.807, 2.05) is 12.1 Å². The first-order chi connectivity index (χ1) is 20.4. The van der Waals surface area contributed by atoms with Crippen LogP contribution in [-0.4, -0.2) is 66.1 Å². The predicted molar refractivity (Wildman–Crippen MR) is 165 cm³/mol. The minimum Gasteiger partial charge on any atom is -0.494 e. The molecule has 1 aliphatic heterocycles. The quantitative estimate of drug-likeness (QED) is 0.172. The maximum absolute atomic E-state index is 13.3. The van der Waals surface area contributed by atoms with Gasteiger partial charge in [0.2, 0.25) is 0 Å². The van der Waals surface area contributed by atoms with Gasteiger partial charge in [-0.1, -0.05) is 24.3 Å². The van der Waals surface area contributed by atoms with Crippen LogP contribution >= 0.6 is 0 Å². The molecule has 3 aromatic carbocycles. The van der Waals surface area contributed by atoms with Crippen molar-refractivity contribution in [3.63, 3.8) is 0 Å². The lowest BCUT2D eigenvalue weighted by Crippen LogP contribution is -2.44. The summed E-state index contributed by atoms with van der Waals surface area (Å²) in [5.41, 5.74) is 5.18. The molecule has 0 bridgehead atoms. The van der Waals surface area contributed by atoms with Crippen LogP contribution in [0.15, 0.2) is 88.5 Å². The van der Waals surface area contributed by atoms with Crippen LogP contribution in [0.4, 0.5) is 17.1 Å². The Bertz CT molecular complexity index is 1790. The van der Waals surface area contributed by atoms with Crippen molar-refractivity contribution >= 4 is 45.9 Å². The van der Waals surface area contributed by atoms with Gasteiger partial charge in [-0.05, 0) is 62.5 Å². The summed E-state index contributed by atoms with van der Waals surface area (Å²) in [5.74, 6) is -0.395. The molecule has 0 unspecified atom stereocenters. The number of H-pyrrole nitrogens is 1. The van der Waals surface area contributed by atoms with E-state index in [2.05, 4.69) is 44.3 Å². The lowest BCUT2D eigenvalue weighted by Gasteiger charge is -2.34. The van der Waals surface area contributed by atoms with Crippen LogP contribution in [-0.2, 0) is 0 Å². The van der Waals surface area contributed by atoms with E-state index in [0.717, 1.165) is 42.8 Å². The van der Waals surface area contributed by atoms with E-state index in [9.17, 15) is 14.7 Å². The first kappa shape index (κ1) is 27.0. The molecule has 0 saturated carbocycles. The monoisotopic (exact) mass is 561 g/mol. The lowest BCUT2D eigenvalue weighted by molar-refractivity contribution is 0.0993. The number of rotatable bonds is 7. The average Bonchev–Trinajstić information content (AvgIpc) is 3.57. The zero-order chi connectivity index (χ0) is 29.2. The van der Waals surface area contributed by atoms with Crippen LogP contribution in [0.5, 0.6) is 5.88 Å². The van der Waals surface area contributed by atoms with Gasteiger partial charge < -0.3 is 29.6 Å². The van der Waals surface area contributed by atoms with Crippen LogP contribution in [0.1, 0.15) is 37.6 Å². The third-order valence-corrected chi connectivity index (χ3v) is 7.59. The minimum absolute atomic E-state index is 0.0228. The van der Waals surface area contributed by atoms with Crippen molar-refractivity contribution in [2.75, 3.05) is 43.4 Å². The van der Waals surface area contributed by atoms with Gasteiger partial charge in [0.15, 0.2) is 17.4 Å². The summed E-state index contributed by atoms with van der Waals surface area (Å²) in [6.07, 6.45) is 3.09. The van der Waals surface area contributed by atoms with Gasteiger partial charge in [-0.15, -0.1) is 0 Å². The number of aromatic amines is 1. The molecular formula is C33H31N5O4. The molecule has 9 heteroatoms. The molecule has 1 saturated heterocycles. The van der Waals surface area contributed by atoms with Crippen molar-refractivity contribution in [3.05, 3.63) is 107 Å². The molecule has 1 fully saturated rings. The van der Waals surface area contributed by atoms with Crippen LogP contribution in [0.25, 0.3) is 10.9 Å². The third-order valence-electron chi connectivity index (χ3n) is 7.59. The second-order valence-corrected chi connectivity index (χ2v) is 10.5. The molecule has 3 N–H and O–H groups in total. The Kier molecular flexibility index (Phi) is 7.33. The Morgan fingerprint density at radius 1 is 0.976 bits per heavy atom. The smallest absolute Gasteiger partial charge is 0.291 e. The van der Waals surface area contributed by atoms with Gasteiger partial charge in [-0.3, -0.25) is 14.6 Å². The number of furan rings is 1. The number of aliphatic imine (C=N–C) groups is 1. The van der Waals surface area contributed by atoms with Crippen molar-refractivity contribution in [1.82, 2.24) is 9.88 Å². The first-order valence-corrected chi connectivity index (χ1v) is 13.8. The van der Waals surface area contributed by atoms with Crippen molar-refractivity contribution in [3.8, 4) is 5.88 Å². The molecule has 0 spiro atoms. The first-order valence-electron chi connectivity index (χ1n) is 13.8. The fraction of sp³-hybridized carbons (Fsp3) is 0.182. The molecule has 1 amide bonds. The van der Waals surface area contributed by atoms with Crippen LogP contribution in [0, 0.1) is 6.92 Å². The molecule has 0 aliphatic carbocycles. The van der Waals surface area contributed by atoms with E-state index >= 15 is 0 Å². The number of aromatic nitrogens is 1. The van der Waals surface area contributed by atoms with Crippen LogP contribution < -0.4 is 10.2 Å². The minimum atomic E-state index is -0.384. The Labute approximate surface area is 243 Å². The lowest BCUT2D eigenvalue weighted by atomic mass is 10.0.